The number of hydrazone groups is 1. The van der Waals surface area contributed by atoms with Gasteiger partial charge in [-0.1, -0.05) is 0 Å². The molecular formula is C19H22N4O4. The fourth-order valence-electron chi connectivity index (χ4n) is 2.83. The molecule has 142 valence electrons. The summed E-state index contributed by atoms with van der Waals surface area (Å²) in [7, 11) is 3.82. The van der Waals surface area contributed by atoms with Gasteiger partial charge in [-0.25, -0.2) is 10.2 Å². The third kappa shape index (κ3) is 3.85. The summed E-state index contributed by atoms with van der Waals surface area (Å²) in [5.41, 5.74) is 5.76. The summed E-state index contributed by atoms with van der Waals surface area (Å²) in [5, 5.41) is 4.03. The molecule has 0 fully saturated rings. The van der Waals surface area contributed by atoms with Gasteiger partial charge in [0.15, 0.2) is 5.76 Å². The first-order chi connectivity index (χ1) is 12.9. The highest BCUT2D eigenvalue weighted by Gasteiger charge is 2.27. The van der Waals surface area contributed by atoms with E-state index in [0.717, 1.165) is 0 Å². The molecule has 0 spiro atoms. The molecule has 0 saturated heterocycles. The summed E-state index contributed by atoms with van der Waals surface area (Å²) in [4.78, 5) is 29.7. The smallest absolute Gasteiger partial charge is 0.340 e. The van der Waals surface area contributed by atoms with Crippen molar-refractivity contribution in [1.29, 1.82) is 0 Å². The minimum Gasteiger partial charge on any atom is -0.463 e. The molecular weight excluding hydrogens is 348 g/mol. The van der Waals surface area contributed by atoms with Crippen LogP contribution in [0.2, 0.25) is 0 Å². The molecule has 3 rings (SSSR count). The summed E-state index contributed by atoms with van der Waals surface area (Å²) >= 11 is 0. The number of aryl methyl sites for hydroxylation is 1. The number of ether oxygens (including phenoxy) is 1. The zero-order valence-electron chi connectivity index (χ0n) is 15.8. The number of carbonyl (C=O) groups excluding carboxylic acids is 2. The first-order valence-electron chi connectivity index (χ1n) is 8.53. The molecule has 2 aromatic heterocycles. The van der Waals surface area contributed by atoms with Gasteiger partial charge in [-0.05, 0) is 51.7 Å². The van der Waals surface area contributed by atoms with E-state index in [2.05, 4.69) is 15.5 Å². The number of likely N-dealkylation sites (N-methyl/N-ethyl adjacent to an activating group) is 1. The molecule has 0 aromatic carbocycles. The quantitative estimate of drug-likeness (QED) is 0.597. The highest BCUT2D eigenvalue weighted by atomic mass is 16.5. The van der Waals surface area contributed by atoms with Crippen molar-refractivity contribution in [2.24, 2.45) is 5.10 Å². The van der Waals surface area contributed by atoms with Gasteiger partial charge in [-0.15, -0.1) is 0 Å². The molecule has 0 bridgehead atoms. The van der Waals surface area contributed by atoms with Crippen molar-refractivity contribution in [1.82, 2.24) is 15.3 Å². The van der Waals surface area contributed by atoms with Crippen molar-refractivity contribution in [2.45, 2.75) is 13.8 Å². The normalized spacial score (nSPS) is 15.4. The predicted octanol–water partition coefficient (Wildman–Crippen LogP) is 1.86. The highest BCUT2D eigenvalue weighted by molar-refractivity contribution is 6.32. The number of furan rings is 1. The van der Waals surface area contributed by atoms with Crippen LogP contribution < -0.4 is 5.43 Å². The van der Waals surface area contributed by atoms with E-state index in [1.54, 1.807) is 25.1 Å². The van der Waals surface area contributed by atoms with E-state index in [0.29, 0.717) is 52.7 Å². The van der Waals surface area contributed by atoms with Gasteiger partial charge in [-0.2, -0.15) is 5.10 Å². The van der Waals surface area contributed by atoms with Crippen molar-refractivity contribution >= 4 is 23.7 Å². The van der Waals surface area contributed by atoms with Crippen LogP contribution in [0.1, 0.15) is 33.1 Å². The average molecular weight is 370 g/mol. The summed E-state index contributed by atoms with van der Waals surface area (Å²) in [6, 6.07) is 3.46. The lowest BCUT2D eigenvalue weighted by molar-refractivity contribution is -0.116. The third-order valence-electron chi connectivity index (χ3n) is 4.26. The fraction of sp³-hybridized carbons (Fsp3) is 0.316. The Morgan fingerprint density at radius 2 is 2.15 bits per heavy atom. The molecule has 0 radical (unpaired) electrons. The van der Waals surface area contributed by atoms with Gasteiger partial charge in [0.2, 0.25) is 0 Å². The number of amides is 1. The number of nitrogens with one attached hydrogen (secondary N) is 2. The molecule has 1 aliphatic rings. The van der Waals surface area contributed by atoms with Crippen molar-refractivity contribution in [2.75, 3.05) is 27.2 Å². The molecule has 0 aliphatic carbocycles. The topological polar surface area (TPSA) is 99.9 Å². The van der Waals surface area contributed by atoms with Crippen LogP contribution in [0.4, 0.5) is 0 Å². The van der Waals surface area contributed by atoms with Gasteiger partial charge < -0.3 is 19.0 Å². The molecule has 2 aromatic rings. The summed E-state index contributed by atoms with van der Waals surface area (Å²) < 4.78 is 10.7. The number of hydrogen-bond acceptors (Lipinski definition) is 6. The van der Waals surface area contributed by atoms with Gasteiger partial charge in [0.25, 0.3) is 5.91 Å². The summed E-state index contributed by atoms with van der Waals surface area (Å²) in [5.74, 6) is -0.226. The van der Waals surface area contributed by atoms with Crippen molar-refractivity contribution < 1.29 is 18.7 Å². The Hall–Kier alpha value is -3.13. The average Bonchev–Trinajstić information content (AvgIpc) is 3.30. The number of esters is 1. The molecule has 1 amide bonds. The first kappa shape index (κ1) is 18.7. The van der Waals surface area contributed by atoms with E-state index in [1.807, 2.05) is 25.9 Å². The lowest BCUT2D eigenvalue weighted by Gasteiger charge is -2.10. The fourth-order valence-corrected chi connectivity index (χ4v) is 2.83. The predicted molar refractivity (Wildman–Crippen MR) is 100 cm³/mol. The maximum absolute atomic E-state index is 12.4. The van der Waals surface area contributed by atoms with Gasteiger partial charge in [-0.3, -0.25) is 4.79 Å². The van der Waals surface area contributed by atoms with Crippen molar-refractivity contribution in [3.63, 3.8) is 0 Å². The van der Waals surface area contributed by atoms with Crippen LogP contribution in [0.3, 0.4) is 0 Å². The number of H-pyrrole nitrogens is 1. The van der Waals surface area contributed by atoms with E-state index < -0.39 is 0 Å². The molecule has 27 heavy (non-hydrogen) atoms. The Morgan fingerprint density at radius 3 is 2.81 bits per heavy atom. The Morgan fingerprint density at radius 1 is 1.37 bits per heavy atom. The Balaban J connectivity index is 1.88. The van der Waals surface area contributed by atoms with E-state index >= 15 is 0 Å². The minimum atomic E-state index is -0.386. The van der Waals surface area contributed by atoms with Crippen LogP contribution >= 0.6 is 0 Å². The van der Waals surface area contributed by atoms with Crippen LogP contribution in [0.15, 0.2) is 33.5 Å². The molecule has 1 aliphatic heterocycles. The van der Waals surface area contributed by atoms with E-state index in [1.165, 1.54) is 6.26 Å². The monoisotopic (exact) mass is 370 g/mol. The first-order valence-corrected chi connectivity index (χ1v) is 8.53. The van der Waals surface area contributed by atoms with Gasteiger partial charge >= 0.3 is 5.97 Å². The van der Waals surface area contributed by atoms with Crippen LogP contribution in [0, 0.1) is 13.8 Å². The molecule has 0 saturated carbocycles. The van der Waals surface area contributed by atoms with Crippen LogP contribution in [0.25, 0.3) is 6.08 Å². The molecule has 3 heterocycles. The number of rotatable bonds is 6. The Kier molecular flexibility index (Phi) is 5.27. The Labute approximate surface area is 156 Å². The molecule has 0 unspecified atom stereocenters. The maximum Gasteiger partial charge on any atom is 0.340 e. The maximum atomic E-state index is 12.4. The van der Waals surface area contributed by atoms with Crippen molar-refractivity contribution in [3.05, 3.63) is 52.2 Å². The van der Waals surface area contributed by atoms with Gasteiger partial charge in [0.1, 0.15) is 12.3 Å². The van der Waals surface area contributed by atoms with E-state index in [9.17, 15) is 9.59 Å². The summed E-state index contributed by atoms with van der Waals surface area (Å²) in [6.45, 7) is 4.57. The number of hydrogen-bond donors (Lipinski definition) is 2. The largest absolute Gasteiger partial charge is 0.463 e. The van der Waals surface area contributed by atoms with E-state index in [4.69, 9.17) is 9.15 Å². The number of aromatic nitrogens is 1. The van der Waals surface area contributed by atoms with E-state index in [-0.39, 0.29) is 11.9 Å². The van der Waals surface area contributed by atoms with Crippen LogP contribution in [-0.2, 0) is 9.53 Å². The standard InChI is InChI=1S/C19H22N4O4/c1-11-14(20-12(2)16(11)19(25)27-9-7-23(3)4)10-13-17(21-22-18(13)24)15-6-5-8-26-15/h5-6,8,10,20H,7,9H2,1-4H3,(H,22,24). The third-order valence-corrected chi connectivity index (χ3v) is 4.26. The molecule has 8 heteroatoms. The van der Waals surface area contributed by atoms with Gasteiger partial charge in [0.05, 0.1) is 17.4 Å². The second kappa shape index (κ2) is 7.63. The molecule has 8 nitrogen and oxygen atoms in total. The zero-order valence-corrected chi connectivity index (χ0v) is 15.8. The SMILES string of the molecule is Cc1[nH]c(C=C2C(=O)NN=C2c2ccco2)c(C)c1C(=O)OCCN(C)C. The minimum absolute atomic E-state index is 0.310. The molecule has 2 N–H and O–H groups in total. The zero-order chi connectivity index (χ0) is 19.6. The number of aromatic amines is 1. The number of nitrogens with zero attached hydrogens (tertiary/aromatic N) is 2. The Bertz CT molecular complexity index is 920. The lowest BCUT2D eigenvalue weighted by atomic mass is 10.0. The van der Waals surface area contributed by atoms with Crippen molar-refractivity contribution in [3.8, 4) is 0 Å². The second-order valence-corrected chi connectivity index (χ2v) is 6.54. The van der Waals surface area contributed by atoms with Crippen LogP contribution in [0.5, 0.6) is 0 Å². The highest BCUT2D eigenvalue weighted by Crippen LogP contribution is 2.24. The van der Waals surface area contributed by atoms with Gasteiger partial charge in [0, 0.05) is 17.9 Å². The second-order valence-electron chi connectivity index (χ2n) is 6.54. The number of carbonyl (C=O) groups is 2. The lowest BCUT2D eigenvalue weighted by Crippen LogP contribution is -2.20. The van der Waals surface area contributed by atoms with Crippen LogP contribution in [-0.4, -0.2) is 54.7 Å². The summed E-state index contributed by atoms with van der Waals surface area (Å²) in [6.07, 6.45) is 3.19. The molecule has 0 atom stereocenters.